The van der Waals surface area contributed by atoms with E-state index in [2.05, 4.69) is 14.8 Å². The molecule has 0 rings (SSSR count). The number of phosphoric ester groups is 1. The number of aliphatic hydroxyl groups is 2. The Bertz CT molecular complexity index is 176. The van der Waals surface area contributed by atoms with Crippen molar-refractivity contribution in [3.05, 3.63) is 0 Å². The maximum atomic E-state index is 10.8. The number of hydrogen-bond donors (Lipinski definition) is 3. The van der Waals surface area contributed by atoms with Crippen LogP contribution in [0.1, 0.15) is 0 Å². The fourth-order valence-electron chi connectivity index (χ4n) is 0.444. The van der Waals surface area contributed by atoms with Crippen molar-refractivity contribution >= 4 is 7.82 Å². The van der Waals surface area contributed by atoms with E-state index in [0.717, 1.165) is 0 Å². The van der Waals surface area contributed by atoms with Crippen molar-refractivity contribution in [2.24, 2.45) is 0 Å². The molecule has 0 bridgehead atoms. The van der Waals surface area contributed by atoms with Gasteiger partial charge in [-0.2, -0.15) is 0 Å². The summed E-state index contributed by atoms with van der Waals surface area (Å²) in [5, 5.41) is 17.1. The van der Waals surface area contributed by atoms with Gasteiger partial charge in [0.2, 0.25) is 0 Å². The maximum Gasteiger partial charge on any atom is 0.268 e. The largest absolute Gasteiger partial charge is 0.756 e. The summed E-state index contributed by atoms with van der Waals surface area (Å²) < 4.78 is 19.3. The highest BCUT2D eigenvalue weighted by atomic mass is 31.2. The van der Waals surface area contributed by atoms with Crippen molar-refractivity contribution in [2.45, 2.75) is 6.10 Å². The zero-order valence-corrected chi connectivity index (χ0v) is 7.98. The van der Waals surface area contributed by atoms with Crippen LogP contribution in [0.4, 0.5) is 0 Å². The van der Waals surface area contributed by atoms with E-state index in [1.807, 2.05) is 0 Å². The molecule has 13 heavy (non-hydrogen) atoms. The summed E-state index contributed by atoms with van der Waals surface area (Å²) in [7, 11) is -4.34. The van der Waals surface area contributed by atoms with Crippen LogP contribution in [-0.4, -0.2) is 42.7 Å². The molecule has 7 nitrogen and oxygen atoms in total. The Labute approximate surface area is 75.7 Å². The third-order valence-electron chi connectivity index (χ3n) is 1.03. The number of quaternary nitrogens is 1. The molecule has 0 aliphatic heterocycles. The van der Waals surface area contributed by atoms with E-state index in [0.29, 0.717) is 6.54 Å². The van der Waals surface area contributed by atoms with E-state index in [1.165, 1.54) is 0 Å². The zero-order valence-electron chi connectivity index (χ0n) is 7.09. The van der Waals surface area contributed by atoms with Crippen LogP contribution in [0, 0.1) is 0 Å². The molecule has 0 radical (unpaired) electrons. The first kappa shape index (κ1) is 13.0. The predicted octanol–water partition coefficient (Wildman–Crippen LogP) is -2.92. The summed E-state index contributed by atoms with van der Waals surface area (Å²) in [4.78, 5) is 10.8. The molecule has 0 aromatic carbocycles. The van der Waals surface area contributed by atoms with Crippen molar-refractivity contribution in [1.29, 1.82) is 0 Å². The zero-order chi connectivity index (χ0) is 10.3. The predicted molar refractivity (Wildman–Crippen MR) is 40.4 cm³/mol. The van der Waals surface area contributed by atoms with Crippen LogP contribution >= 0.6 is 7.82 Å². The van der Waals surface area contributed by atoms with Crippen LogP contribution in [-0.2, 0) is 13.6 Å². The Morgan fingerprint density at radius 3 is 2.62 bits per heavy atom. The number of aliphatic hydroxyl groups excluding tert-OH is 2. The van der Waals surface area contributed by atoms with Gasteiger partial charge in [-0.05, 0) is 0 Å². The van der Waals surface area contributed by atoms with E-state index in [9.17, 15) is 9.46 Å². The minimum absolute atomic E-state index is 0.0595. The second-order valence-corrected chi connectivity index (χ2v) is 3.68. The van der Waals surface area contributed by atoms with Crippen LogP contribution in [0.5, 0.6) is 0 Å². The summed E-state index contributed by atoms with van der Waals surface area (Å²) in [6.45, 7) is -0.822. The third kappa shape index (κ3) is 7.09. The van der Waals surface area contributed by atoms with Gasteiger partial charge in [-0.15, -0.1) is 0 Å². The standard InChI is InChI=1S/C5H14NO6P/c6-1-2-11-13(9,10)12-4-5(8)3-7/h5,7-8H,1-4,6H2,(H,9,10). The summed E-state index contributed by atoms with van der Waals surface area (Å²) in [6.07, 6.45) is -1.22. The molecule has 0 aromatic rings. The van der Waals surface area contributed by atoms with E-state index in [-0.39, 0.29) is 6.61 Å². The Kier molecular flexibility index (Phi) is 6.44. The molecule has 0 amide bonds. The highest BCUT2D eigenvalue weighted by Crippen LogP contribution is 2.37. The first-order chi connectivity index (χ1) is 6.02. The average Bonchev–Trinajstić information content (AvgIpc) is 2.11. The lowest BCUT2D eigenvalue weighted by atomic mass is 10.4. The molecule has 8 heteroatoms. The lowest BCUT2D eigenvalue weighted by molar-refractivity contribution is -0.373. The van der Waals surface area contributed by atoms with Crippen molar-refractivity contribution in [2.75, 3.05) is 26.4 Å². The Balaban J connectivity index is 3.68. The summed E-state index contributed by atoms with van der Waals surface area (Å²) in [5.74, 6) is 0. The van der Waals surface area contributed by atoms with E-state index in [4.69, 9.17) is 10.2 Å². The van der Waals surface area contributed by atoms with Crippen LogP contribution < -0.4 is 10.6 Å². The highest BCUT2D eigenvalue weighted by molar-refractivity contribution is 7.45. The van der Waals surface area contributed by atoms with Crippen LogP contribution in [0.25, 0.3) is 0 Å². The van der Waals surface area contributed by atoms with Crippen molar-refractivity contribution in [1.82, 2.24) is 0 Å². The van der Waals surface area contributed by atoms with E-state index in [1.54, 1.807) is 0 Å². The average molecular weight is 215 g/mol. The molecular weight excluding hydrogens is 201 g/mol. The van der Waals surface area contributed by atoms with Gasteiger partial charge in [0.15, 0.2) is 0 Å². The molecule has 0 aromatic heterocycles. The second kappa shape index (κ2) is 6.44. The molecule has 80 valence electrons. The summed E-state index contributed by atoms with van der Waals surface area (Å²) in [5.41, 5.74) is 3.37. The van der Waals surface area contributed by atoms with Gasteiger partial charge in [0.05, 0.1) is 19.8 Å². The minimum Gasteiger partial charge on any atom is -0.756 e. The van der Waals surface area contributed by atoms with E-state index >= 15 is 0 Å². The fourth-order valence-corrected chi connectivity index (χ4v) is 1.23. The normalized spacial score (nSPS) is 18.2. The lowest BCUT2D eigenvalue weighted by Crippen LogP contribution is -2.52. The summed E-state index contributed by atoms with van der Waals surface area (Å²) in [6, 6.07) is 0. The lowest BCUT2D eigenvalue weighted by Gasteiger charge is -2.22. The smallest absolute Gasteiger partial charge is 0.268 e. The maximum absolute atomic E-state index is 10.8. The number of hydrogen-bond acceptors (Lipinski definition) is 6. The Morgan fingerprint density at radius 1 is 1.54 bits per heavy atom. The van der Waals surface area contributed by atoms with Crippen molar-refractivity contribution in [3.8, 4) is 0 Å². The molecule has 0 aliphatic carbocycles. The molecule has 0 heterocycles. The van der Waals surface area contributed by atoms with Crippen LogP contribution in [0.3, 0.4) is 0 Å². The number of phosphoric acid groups is 1. The van der Waals surface area contributed by atoms with Crippen LogP contribution in [0.2, 0.25) is 0 Å². The summed E-state index contributed by atoms with van der Waals surface area (Å²) >= 11 is 0. The van der Waals surface area contributed by atoms with Crippen molar-refractivity contribution < 1.29 is 34.5 Å². The SMILES string of the molecule is [NH3+]CCOP(=O)([O-])OCC(O)CO. The fraction of sp³-hybridized carbons (Fsp3) is 1.00. The highest BCUT2D eigenvalue weighted by Gasteiger charge is 2.12. The van der Waals surface area contributed by atoms with E-state index < -0.39 is 27.1 Å². The van der Waals surface area contributed by atoms with Gasteiger partial charge >= 0.3 is 0 Å². The third-order valence-corrected chi connectivity index (χ3v) is 1.99. The molecule has 0 saturated carbocycles. The molecule has 2 atom stereocenters. The molecule has 0 spiro atoms. The Morgan fingerprint density at radius 2 is 2.15 bits per heavy atom. The molecule has 0 saturated heterocycles. The van der Waals surface area contributed by atoms with Crippen LogP contribution in [0.15, 0.2) is 0 Å². The van der Waals surface area contributed by atoms with Gasteiger partial charge in [0.25, 0.3) is 7.82 Å². The minimum atomic E-state index is -4.34. The quantitative estimate of drug-likeness (QED) is 0.390. The van der Waals surface area contributed by atoms with Gasteiger partial charge in [-0.25, -0.2) is 0 Å². The molecular formula is C5H14NO6P. The van der Waals surface area contributed by atoms with Gasteiger partial charge in [0, 0.05) is 0 Å². The topological polar surface area (TPSA) is 127 Å². The molecule has 0 fully saturated rings. The van der Waals surface area contributed by atoms with Gasteiger partial charge < -0.3 is 29.9 Å². The van der Waals surface area contributed by atoms with Crippen molar-refractivity contribution in [3.63, 3.8) is 0 Å². The Hall–Kier alpha value is -0.0100. The number of rotatable bonds is 7. The van der Waals surface area contributed by atoms with Gasteiger partial charge in [0.1, 0.15) is 12.7 Å². The first-order valence-corrected chi connectivity index (χ1v) is 5.16. The molecule has 2 unspecified atom stereocenters. The molecule has 0 aliphatic rings. The van der Waals surface area contributed by atoms with Gasteiger partial charge in [-0.3, -0.25) is 4.57 Å². The first-order valence-electron chi connectivity index (χ1n) is 3.70. The van der Waals surface area contributed by atoms with Gasteiger partial charge in [-0.1, -0.05) is 0 Å². The second-order valence-electron chi connectivity index (χ2n) is 2.27. The molecule has 5 N–H and O–H groups in total. The monoisotopic (exact) mass is 215 g/mol.